The van der Waals surface area contributed by atoms with Crippen LogP contribution in [0.1, 0.15) is 47.9 Å². The van der Waals surface area contributed by atoms with E-state index in [9.17, 15) is 22.0 Å². The topological polar surface area (TPSA) is 0 Å². The Balaban J connectivity index is 1.66. The SMILES string of the molecule is CCCc1ccc(C2CCc3c(ccc(-c4cc(F)c(F)c(F)c4)c3F)C2)c(F)c1F. The molecule has 3 aromatic rings. The summed E-state index contributed by atoms with van der Waals surface area (Å²) >= 11 is 0. The molecule has 162 valence electrons. The zero-order chi connectivity index (χ0) is 22.3. The fraction of sp³-hybridized carbons (Fsp3) is 0.280. The summed E-state index contributed by atoms with van der Waals surface area (Å²) in [6.45, 7) is 1.89. The van der Waals surface area contributed by atoms with Crippen LogP contribution in [-0.2, 0) is 19.3 Å². The van der Waals surface area contributed by atoms with E-state index in [-0.39, 0.29) is 29.0 Å². The number of rotatable bonds is 4. The maximum Gasteiger partial charge on any atom is 0.194 e. The van der Waals surface area contributed by atoms with Gasteiger partial charge in [0.25, 0.3) is 0 Å². The molecule has 6 heteroatoms. The molecule has 0 N–H and O–H groups in total. The second kappa shape index (κ2) is 8.40. The van der Waals surface area contributed by atoms with E-state index in [4.69, 9.17) is 0 Å². The lowest BCUT2D eigenvalue weighted by Crippen LogP contribution is -2.16. The largest absolute Gasteiger partial charge is 0.206 e. The first-order chi connectivity index (χ1) is 14.8. The van der Waals surface area contributed by atoms with Gasteiger partial charge in [0.05, 0.1) is 0 Å². The van der Waals surface area contributed by atoms with Crippen molar-refractivity contribution in [3.8, 4) is 11.1 Å². The molecule has 0 spiro atoms. The van der Waals surface area contributed by atoms with Crippen LogP contribution in [0.5, 0.6) is 0 Å². The fourth-order valence-corrected chi connectivity index (χ4v) is 4.39. The number of aryl methyl sites for hydroxylation is 1. The summed E-state index contributed by atoms with van der Waals surface area (Å²) in [4.78, 5) is 0. The Hall–Kier alpha value is -2.76. The van der Waals surface area contributed by atoms with Gasteiger partial charge in [-0.3, -0.25) is 0 Å². The monoisotopic (exact) mass is 434 g/mol. The van der Waals surface area contributed by atoms with E-state index in [0.29, 0.717) is 42.4 Å². The first kappa shape index (κ1) is 21.5. The number of hydrogen-bond donors (Lipinski definition) is 0. The molecule has 0 aromatic heterocycles. The van der Waals surface area contributed by atoms with Gasteiger partial charge in [-0.2, -0.15) is 0 Å². The summed E-state index contributed by atoms with van der Waals surface area (Å²) in [6.07, 6.45) is 2.15. The highest BCUT2D eigenvalue weighted by Gasteiger charge is 2.28. The van der Waals surface area contributed by atoms with Gasteiger partial charge in [0, 0.05) is 5.56 Å². The third-order valence-electron chi connectivity index (χ3n) is 6.00. The van der Waals surface area contributed by atoms with Gasteiger partial charge >= 0.3 is 0 Å². The fourth-order valence-electron chi connectivity index (χ4n) is 4.39. The van der Waals surface area contributed by atoms with Gasteiger partial charge in [0.15, 0.2) is 29.1 Å². The Labute approximate surface area is 176 Å². The van der Waals surface area contributed by atoms with Crippen LogP contribution in [0.4, 0.5) is 26.3 Å². The van der Waals surface area contributed by atoms with Gasteiger partial charge in [0.2, 0.25) is 0 Å². The zero-order valence-corrected chi connectivity index (χ0v) is 16.8. The Morgan fingerprint density at radius 2 is 1.52 bits per heavy atom. The van der Waals surface area contributed by atoms with Crippen LogP contribution in [0.15, 0.2) is 36.4 Å². The van der Waals surface area contributed by atoms with Crippen molar-refractivity contribution in [2.24, 2.45) is 0 Å². The van der Waals surface area contributed by atoms with E-state index < -0.39 is 34.9 Å². The number of hydrogen-bond acceptors (Lipinski definition) is 0. The Morgan fingerprint density at radius 1 is 0.806 bits per heavy atom. The van der Waals surface area contributed by atoms with Crippen LogP contribution in [0, 0.1) is 34.9 Å². The standard InChI is InChI=1S/C25H20F6/c1-2-3-13-4-7-18(24(30)22(13)28)15-5-8-17-14(10-15)6-9-19(23(17)29)16-11-20(26)25(31)21(27)12-16/h4,6-7,9,11-12,15H,2-3,5,8,10H2,1H3. The highest BCUT2D eigenvalue weighted by Crippen LogP contribution is 2.38. The smallest absolute Gasteiger partial charge is 0.194 e. The summed E-state index contributed by atoms with van der Waals surface area (Å²) < 4.78 is 84.6. The van der Waals surface area contributed by atoms with E-state index in [1.165, 1.54) is 6.07 Å². The molecule has 0 heterocycles. The van der Waals surface area contributed by atoms with E-state index >= 15 is 4.39 Å². The third-order valence-corrected chi connectivity index (χ3v) is 6.00. The average Bonchev–Trinajstić information content (AvgIpc) is 2.75. The van der Waals surface area contributed by atoms with Crippen molar-refractivity contribution in [3.05, 3.63) is 93.6 Å². The molecule has 0 aliphatic heterocycles. The summed E-state index contributed by atoms with van der Waals surface area (Å²) in [5.41, 5.74) is 1.50. The van der Waals surface area contributed by atoms with Gasteiger partial charge in [-0.05, 0) is 71.6 Å². The minimum atomic E-state index is -1.61. The molecular formula is C25H20F6. The predicted octanol–water partition coefficient (Wildman–Crippen LogP) is 7.41. The molecule has 1 unspecified atom stereocenters. The average molecular weight is 434 g/mol. The summed E-state index contributed by atoms with van der Waals surface area (Å²) in [5.74, 6) is -7.01. The quantitative estimate of drug-likeness (QED) is 0.296. The molecule has 1 atom stereocenters. The second-order valence-electron chi connectivity index (χ2n) is 7.95. The summed E-state index contributed by atoms with van der Waals surface area (Å²) in [7, 11) is 0. The molecule has 3 aromatic carbocycles. The van der Waals surface area contributed by atoms with Crippen molar-refractivity contribution in [1.29, 1.82) is 0 Å². The molecule has 0 fully saturated rings. The Bertz CT molecular complexity index is 1130. The molecule has 0 amide bonds. The minimum absolute atomic E-state index is 0.0313. The van der Waals surface area contributed by atoms with Crippen LogP contribution in [0.3, 0.4) is 0 Å². The number of halogens is 6. The molecule has 0 saturated carbocycles. The first-order valence-electron chi connectivity index (χ1n) is 10.2. The van der Waals surface area contributed by atoms with Gasteiger partial charge in [-0.1, -0.05) is 37.6 Å². The van der Waals surface area contributed by atoms with Crippen LogP contribution in [0.2, 0.25) is 0 Å². The molecule has 0 radical (unpaired) electrons. The zero-order valence-electron chi connectivity index (χ0n) is 16.8. The lowest BCUT2D eigenvalue weighted by atomic mass is 9.78. The van der Waals surface area contributed by atoms with E-state index in [1.54, 1.807) is 18.2 Å². The van der Waals surface area contributed by atoms with Gasteiger partial charge < -0.3 is 0 Å². The van der Waals surface area contributed by atoms with Crippen molar-refractivity contribution in [3.63, 3.8) is 0 Å². The van der Waals surface area contributed by atoms with E-state index in [0.717, 1.165) is 12.1 Å². The lowest BCUT2D eigenvalue weighted by molar-refractivity contribution is 0.447. The van der Waals surface area contributed by atoms with Crippen LogP contribution >= 0.6 is 0 Å². The normalized spacial score (nSPS) is 15.8. The molecule has 4 rings (SSSR count). The Morgan fingerprint density at radius 3 is 2.19 bits per heavy atom. The van der Waals surface area contributed by atoms with Crippen molar-refractivity contribution in [2.45, 2.75) is 44.9 Å². The van der Waals surface area contributed by atoms with E-state index in [1.807, 2.05) is 6.92 Å². The molecule has 0 bridgehead atoms. The van der Waals surface area contributed by atoms with Crippen molar-refractivity contribution in [1.82, 2.24) is 0 Å². The van der Waals surface area contributed by atoms with Crippen molar-refractivity contribution in [2.75, 3.05) is 0 Å². The maximum absolute atomic E-state index is 15.1. The molecule has 1 aliphatic carbocycles. The first-order valence-corrected chi connectivity index (χ1v) is 10.2. The van der Waals surface area contributed by atoms with Gasteiger partial charge in [-0.15, -0.1) is 0 Å². The Kier molecular flexibility index (Phi) is 5.82. The summed E-state index contributed by atoms with van der Waals surface area (Å²) in [6, 6.07) is 7.72. The van der Waals surface area contributed by atoms with Crippen LogP contribution in [0.25, 0.3) is 11.1 Å². The lowest BCUT2D eigenvalue weighted by Gasteiger charge is -2.27. The molecular weight excluding hydrogens is 414 g/mol. The highest BCUT2D eigenvalue weighted by molar-refractivity contribution is 5.66. The van der Waals surface area contributed by atoms with E-state index in [2.05, 4.69) is 0 Å². The molecule has 0 nitrogen and oxygen atoms in total. The number of benzene rings is 3. The second-order valence-corrected chi connectivity index (χ2v) is 7.95. The van der Waals surface area contributed by atoms with Crippen molar-refractivity contribution < 1.29 is 26.3 Å². The summed E-state index contributed by atoms with van der Waals surface area (Å²) in [5, 5.41) is 0. The molecule has 31 heavy (non-hydrogen) atoms. The third kappa shape index (κ3) is 3.84. The highest BCUT2D eigenvalue weighted by atomic mass is 19.2. The van der Waals surface area contributed by atoms with Crippen LogP contribution < -0.4 is 0 Å². The van der Waals surface area contributed by atoms with Crippen molar-refractivity contribution >= 4 is 0 Å². The van der Waals surface area contributed by atoms with Crippen LogP contribution in [-0.4, -0.2) is 0 Å². The molecule has 1 aliphatic rings. The molecule has 0 saturated heterocycles. The van der Waals surface area contributed by atoms with Gasteiger partial charge in [0.1, 0.15) is 5.82 Å². The predicted molar refractivity (Wildman–Crippen MR) is 107 cm³/mol. The maximum atomic E-state index is 15.1. The van der Waals surface area contributed by atoms with Gasteiger partial charge in [-0.25, -0.2) is 26.3 Å². The number of fused-ring (bicyclic) bond motifs is 1. The minimum Gasteiger partial charge on any atom is -0.206 e.